The average molecular weight is 270 g/mol. The van der Waals surface area contributed by atoms with Crippen molar-refractivity contribution >= 4 is 5.57 Å². The van der Waals surface area contributed by atoms with Crippen LogP contribution in [0.3, 0.4) is 0 Å². The van der Waals surface area contributed by atoms with Gasteiger partial charge in [-0.2, -0.15) is 0 Å². The summed E-state index contributed by atoms with van der Waals surface area (Å²) in [4.78, 5) is 0. The van der Waals surface area contributed by atoms with Gasteiger partial charge in [-0.15, -0.1) is 0 Å². The summed E-state index contributed by atoms with van der Waals surface area (Å²) >= 11 is 0. The van der Waals surface area contributed by atoms with Crippen molar-refractivity contribution in [1.29, 1.82) is 0 Å². The van der Waals surface area contributed by atoms with E-state index in [1.54, 1.807) is 0 Å². The molecular formula is C20H14O. The Labute approximate surface area is 124 Å². The van der Waals surface area contributed by atoms with Crippen LogP contribution in [0.25, 0.3) is 5.57 Å². The molecule has 0 radical (unpaired) electrons. The number of fused-ring (bicyclic) bond motifs is 2. The van der Waals surface area contributed by atoms with E-state index in [-0.39, 0.29) is 0 Å². The SMILES string of the molecule is C1=CC=CC(=C2c3ccccc3Oc3ccccc32)C=C1. The molecule has 21 heavy (non-hydrogen) atoms. The monoisotopic (exact) mass is 270 g/mol. The molecule has 1 aliphatic heterocycles. The third kappa shape index (κ3) is 2.03. The summed E-state index contributed by atoms with van der Waals surface area (Å²) in [5.74, 6) is 1.83. The van der Waals surface area contributed by atoms with Gasteiger partial charge in [0, 0.05) is 16.7 Å². The van der Waals surface area contributed by atoms with Crippen molar-refractivity contribution in [1.82, 2.24) is 0 Å². The van der Waals surface area contributed by atoms with Crippen LogP contribution in [0.5, 0.6) is 11.5 Å². The minimum atomic E-state index is 0.915. The van der Waals surface area contributed by atoms with Crippen molar-refractivity contribution < 1.29 is 4.74 Å². The quantitative estimate of drug-likeness (QED) is 0.540. The van der Waals surface area contributed by atoms with Gasteiger partial charge in [-0.25, -0.2) is 0 Å². The largest absolute Gasteiger partial charge is 0.456 e. The Morgan fingerprint density at radius 2 is 1.10 bits per heavy atom. The molecule has 0 spiro atoms. The Kier molecular flexibility index (Phi) is 2.82. The number of benzene rings is 2. The molecule has 1 nitrogen and oxygen atoms in total. The van der Waals surface area contributed by atoms with Gasteiger partial charge in [-0.1, -0.05) is 72.9 Å². The van der Waals surface area contributed by atoms with E-state index < -0.39 is 0 Å². The Bertz CT molecular complexity index is 754. The zero-order valence-electron chi connectivity index (χ0n) is 11.5. The highest BCUT2D eigenvalue weighted by molar-refractivity contribution is 5.92. The fourth-order valence-electron chi connectivity index (χ4n) is 2.77. The first-order valence-electron chi connectivity index (χ1n) is 7.06. The second-order valence-electron chi connectivity index (χ2n) is 5.03. The molecule has 4 rings (SSSR count). The molecule has 0 bridgehead atoms. The van der Waals surface area contributed by atoms with Gasteiger partial charge in [0.2, 0.25) is 0 Å². The van der Waals surface area contributed by atoms with Gasteiger partial charge >= 0.3 is 0 Å². The highest BCUT2D eigenvalue weighted by Crippen LogP contribution is 2.45. The molecule has 1 aliphatic carbocycles. The van der Waals surface area contributed by atoms with Crippen LogP contribution in [-0.2, 0) is 0 Å². The van der Waals surface area contributed by atoms with Crippen molar-refractivity contribution in [3.63, 3.8) is 0 Å². The van der Waals surface area contributed by atoms with E-state index in [1.165, 1.54) is 11.1 Å². The Morgan fingerprint density at radius 1 is 0.571 bits per heavy atom. The molecule has 0 N–H and O–H groups in total. The maximum atomic E-state index is 6.03. The minimum absolute atomic E-state index is 0.915. The minimum Gasteiger partial charge on any atom is -0.456 e. The first-order valence-corrected chi connectivity index (χ1v) is 7.06. The van der Waals surface area contributed by atoms with E-state index in [9.17, 15) is 0 Å². The first-order chi connectivity index (χ1) is 10.4. The van der Waals surface area contributed by atoms with Crippen LogP contribution in [0.2, 0.25) is 0 Å². The van der Waals surface area contributed by atoms with Crippen molar-refractivity contribution in [3.05, 3.63) is 102 Å². The molecule has 0 atom stereocenters. The lowest BCUT2D eigenvalue weighted by atomic mass is 9.89. The molecule has 2 aromatic carbocycles. The summed E-state index contributed by atoms with van der Waals surface area (Å²) < 4.78 is 6.03. The molecule has 0 aromatic heterocycles. The zero-order valence-corrected chi connectivity index (χ0v) is 11.5. The van der Waals surface area contributed by atoms with Crippen LogP contribution in [0.1, 0.15) is 11.1 Å². The normalized spacial score (nSPS) is 15.2. The summed E-state index contributed by atoms with van der Waals surface area (Å²) in [7, 11) is 0. The summed E-state index contributed by atoms with van der Waals surface area (Å²) in [5.41, 5.74) is 4.71. The average Bonchev–Trinajstić information content (AvgIpc) is 2.81. The molecular weight excluding hydrogens is 256 g/mol. The van der Waals surface area contributed by atoms with Gasteiger partial charge in [-0.05, 0) is 17.7 Å². The van der Waals surface area contributed by atoms with Crippen molar-refractivity contribution in [2.75, 3.05) is 0 Å². The van der Waals surface area contributed by atoms with Gasteiger partial charge in [0.1, 0.15) is 11.5 Å². The molecule has 100 valence electrons. The second kappa shape index (κ2) is 4.95. The molecule has 1 heteroatoms. The van der Waals surface area contributed by atoms with E-state index in [0.29, 0.717) is 0 Å². The predicted octanol–water partition coefficient (Wildman–Crippen LogP) is 5.28. The fraction of sp³-hybridized carbons (Fsp3) is 0. The molecule has 1 heterocycles. The van der Waals surface area contributed by atoms with Gasteiger partial charge in [0.25, 0.3) is 0 Å². The van der Waals surface area contributed by atoms with Crippen LogP contribution in [0.15, 0.2) is 90.6 Å². The molecule has 0 fully saturated rings. The Balaban J connectivity index is 2.04. The number of ether oxygens (including phenoxy) is 1. The second-order valence-corrected chi connectivity index (χ2v) is 5.03. The van der Waals surface area contributed by atoms with Gasteiger partial charge in [0.05, 0.1) is 0 Å². The lowest BCUT2D eigenvalue weighted by Crippen LogP contribution is -2.03. The summed E-state index contributed by atoms with van der Waals surface area (Å²) in [6.45, 7) is 0. The van der Waals surface area contributed by atoms with Gasteiger partial charge in [0.15, 0.2) is 0 Å². The molecule has 0 amide bonds. The van der Waals surface area contributed by atoms with Crippen LogP contribution in [-0.4, -0.2) is 0 Å². The molecule has 0 unspecified atom stereocenters. The zero-order chi connectivity index (χ0) is 14.1. The number of para-hydroxylation sites is 2. The molecule has 0 saturated heterocycles. The third-order valence-corrected chi connectivity index (χ3v) is 3.71. The van der Waals surface area contributed by atoms with E-state index >= 15 is 0 Å². The molecule has 0 saturated carbocycles. The fourth-order valence-corrected chi connectivity index (χ4v) is 2.77. The topological polar surface area (TPSA) is 9.23 Å². The molecule has 2 aliphatic rings. The predicted molar refractivity (Wildman–Crippen MR) is 86.4 cm³/mol. The number of allylic oxidation sites excluding steroid dienone is 7. The Morgan fingerprint density at radius 3 is 1.67 bits per heavy atom. The van der Waals surface area contributed by atoms with Crippen molar-refractivity contribution in [2.24, 2.45) is 0 Å². The maximum absolute atomic E-state index is 6.03. The van der Waals surface area contributed by atoms with Crippen LogP contribution < -0.4 is 4.74 Å². The lowest BCUT2D eigenvalue weighted by molar-refractivity contribution is 0.474. The number of hydrogen-bond acceptors (Lipinski definition) is 1. The number of hydrogen-bond donors (Lipinski definition) is 0. The maximum Gasteiger partial charge on any atom is 0.135 e. The van der Waals surface area contributed by atoms with Gasteiger partial charge < -0.3 is 4.74 Å². The summed E-state index contributed by atoms with van der Waals surface area (Å²) in [6.07, 6.45) is 12.5. The highest BCUT2D eigenvalue weighted by atomic mass is 16.5. The Hall–Kier alpha value is -2.80. The number of rotatable bonds is 0. The van der Waals surface area contributed by atoms with Crippen LogP contribution in [0.4, 0.5) is 0 Å². The smallest absolute Gasteiger partial charge is 0.135 e. The standard InChI is InChI=1S/C20H14O/c1-2-4-10-15(9-3-1)20-16-11-5-7-13-18(16)21-19-14-8-6-12-17(19)20/h1-14H. The lowest BCUT2D eigenvalue weighted by Gasteiger charge is -2.24. The van der Waals surface area contributed by atoms with Crippen molar-refractivity contribution in [2.45, 2.75) is 0 Å². The summed E-state index contributed by atoms with van der Waals surface area (Å²) in [5, 5.41) is 0. The van der Waals surface area contributed by atoms with Gasteiger partial charge in [-0.3, -0.25) is 0 Å². The van der Waals surface area contributed by atoms with Crippen LogP contribution in [0, 0.1) is 0 Å². The first kappa shape index (κ1) is 12.0. The third-order valence-electron chi connectivity index (χ3n) is 3.71. The van der Waals surface area contributed by atoms with Crippen LogP contribution >= 0.6 is 0 Å². The summed E-state index contributed by atoms with van der Waals surface area (Å²) in [6, 6.07) is 16.4. The van der Waals surface area contributed by atoms with E-state index in [4.69, 9.17) is 4.74 Å². The van der Waals surface area contributed by atoms with E-state index in [1.807, 2.05) is 36.4 Å². The highest BCUT2D eigenvalue weighted by Gasteiger charge is 2.22. The van der Waals surface area contributed by atoms with Crippen molar-refractivity contribution in [3.8, 4) is 11.5 Å². The van der Waals surface area contributed by atoms with E-state index in [2.05, 4.69) is 48.6 Å². The van der Waals surface area contributed by atoms with E-state index in [0.717, 1.165) is 22.6 Å². The molecule has 2 aromatic rings.